The fraction of sp³-hybridized carbons (Fsp3) is 0.143. The molecule has 3 aromatic rings. The van der Waals surface area contributed by atoms with Crippen LogP contribution in [0.15, 0.2) is 24.3 Å². The highest BCUT2D eigenvalue weighted by Crippen LogP contribution is 2.31. The Labute approximate surface area is 122 Å². The third-order valence-corrected chi connectivity index (χ3v) is 4.04. The molecule has 2 heterocycles. The molecule has 0 saturated carbocycles. The predicted molar refractivity (Wildman–Crippen MR) is 75.3 cm³/mol. The molecule has 7 heteroatoms. The van der Waals surface area contributed by atoms with Gasteiger partial charge in [-0.3, -0.25) is 4.79 Å². The molecule has 1 N–H and O–H groups in total. The van der Waals surface area contributed by atoms with Crippen LogP contribution >= 0.6 is 11.3 Å². The van der Waals surface area contributed by atoms with Crippen molar-refractivity contribution in [3.63, 3.8) is 0 Å². The number of hydrogen-bond acceptors (Lipinski definition) is 3. The van der Waals surface area contributed by atoms with E-state index >= 15 is 0 Å². The fourth-order valence-electron chi connectivity index (χ4n) is 2.16. The SMILES string of the molecule is Cc1ccc(-c2nc3cc(F)c(F)cc3n2CC(=O)O)s1. The second-order valence-corrected chi connectivity index (χ2v) is 5.87. The van der Waals surface area contributed by atoms with E-state index in [0.29, 0.717) is 5.82 Å². The number of aryl methyl sites for hydroxylation is 1. The van der Waals surface area contributed by atoms with E-state index in [2.05, 4.69) is 4.98 Å². The summed E-state index contributed by atoms with van der Waals surface area (Å²) in [6.07, 6.45) is 0. The molecule has 2 aromatic heterocycles. The first kappa shape index (κ1) is 13.7. The number of hydrogen-bond donors (Lipinski definition) is 1. The Morgan fingerprint density at radius 1 is 1.33 bits per heavy atom. The van der Waals surface area contributed by atoms with E-state index in [1.54, 1.807) is 0 Å². The molecule has 21 heavy (non-hydrogen) atoms. The van der Waals surface area contributed by atoms with Crippen molar-refractivity contribution in [3.8, 4) is 10.7 Å². The normalized spacial score (nSPS) is 11.2. The van der Waals surface area contributed by atoms with E-state index in [1.165, 1.54) is 15.9 Å². The van der Waals surface area contributed by atoms with Crippen molar-refractivity contribution in [2.75, 3.05) is 0 Å². The summed E-state index contributed by atoms with van der Waals surface area (Å²) in [6, 6.07) is 5.65. The topological polar surface area (TPSA) is 55.1 Å². The molecule has 108 valence electrons. The van der Waals surface area contributed by atoms with Crippen LogP contribution in [0.2, 0.25) is 0 Å². The number of aromatic nitrogens is 2. The van der Waals surface area contributed by atoms with Gasteiger partial charge in [-0.05, 0) is 19.1 Å². The first-order valence-electron chi connectivity index (χ1n) is 6.09. The number of fused-ring (bicyclic) bond motifs is 1. The highest BCUT2D eigenvalue weighted by molar-refractivity contribution is 7.15. The van der Waals surface area contributed by atoms with Gasteiger partial charge in [0.05, 0.1) is 15.9 Å². The summed E-state index contributed by atoms with van der Waals surface area (Å²) >= 11 is 1.44. The summed E-state index contributed by atoms with van der Waals surface area (Å²) in [5, 5.41) is 9.03. The molecule has 0 unspecified atom stereocenters. The van der Waals surface area contributed by atoms with E-state index in [0.717, 1.165) is 21.9 Å². The molecule has 0 aliphatic rings. The zero-order chi connectivity index (χ0) is 15.1. The molecule has 0 spiro atoms. The minimum Gasteiger partial charge on any atom is -0.480 e. The minimum absolute atomic E-state index is 0.233. The van der Waals surface area contributed by atoms with Gasteiger partial charge in [-0.1, -0.05) is 0 Å². The van der Waals surface area contributed by atoms with E-state index in [-0.39, 0.29) is 17.6 Å². The zero-order valence-corrected chi connectivity index (χ0v) is 11.7. The standard InChI is InChI=1S/C14H10F2N2O2S/c1-7-2-3-12(21-7)14-17-10-4-8(15)9(16)5-11(10)18(14)6-13(19)20/h2-5H,6H2,1H3,(H,19,20). The third-order valence-electron chi connectivity index (χ3n) is 3.04. The number of thiophene rings is 1. The summed E-state index contributed by atoms with van der Waals surface area (Å²) in [7, 11) is 0. The second-order valence-electron chi connectivity index (χ2n) is 4.58. The number of benzene rings is 1. The van der Waals surface area contributed by atoms with Crippen molar-refractivity contribution in [3.05, 3.63) is 40.8 Å². The number of aliphatic carboxylic acids is 1. The van der Waals surface area contributed by atoms with Gasteiger partial charge in [0, 0.05) is 17.0 Å². The highest BCUT2D eigenvalue weighted by atomic mass is 32.1. The van der Waals surface area contributed by atoms with Crippen molar-refractivity contribution in [2.24, 2.45) is 0 Å². The van der Waals surface area contributed by atoms with Crippen LogP contribution < -0.4 is 0 Å². The number of carbonyl (C=O) groups is 1. The molecule has 0 radical (unpaired) electrons. The molecule has 0 atom stereocenters. The van der Waals surface area contributed by atoms with Gasteiger partial charge in [0.15, 0.2) is 17.5 Å². The third kappa shape index (κ3) is 2.40. The predicted octanol–water partition coefficient (Wildman–Crippen LogP) is 3.44. The molecule has 0 amide bonds. The first-order chi connectivity index (χ1) is 9.95. The summed E-state index contributed by atoms with van der Waals surface area (Å²) in [5.74, 6) is -2.71. The molecule has 3 rings (SSSR count). The summed E-state index contributed by atoms with van der Waals surface area (Å²) in [6.45, 7) is 1.55. The smallest absolute Gasteiger partial charge is 0.323 e. The quantitative estimate of drug-likeness (QED) is 0.806. The molecule has 0 saturated heterocycles. The van der Waals surface area contributed by atoms with Gasteiger partial charge in [0.1, 0.15) is 6.54 Å². The molecular formula is C14H10F2N2O2S. The molecule has 0 aliphatic carbocycles. The van der Waals surface area contributed by atoms with Gasteiger partial charge < -0.3 is 9.67 Å². The number of rotatable bonds is 3. The van der Waals surface area contributed by atoms with Gasteiger partial charge in [-0.15, -0.1) is 11.3 Å². The Balaban J connectivity index is 2.29. The maximum absolute atomic E-state index is 13.4. The maximum atomic E-state index is 13.4. The minimum atomic E-state index is -1.08. The zero-order valence-electron chi connectivity index (χ0n) is 10.9. The van der Waals surface area contributed by atoms with Crippen LogP contribution in [0, 0.1) is 18.6 Å². The van der Waals surface area contributed by atoms with Crippen LogP contribution in [-0.4, -0.2) is 20.6 Å². The van der Waals surface area contributed by atoms with Crippen LogP contribution in [0.5, 0.6) is 0 Å². The molecule has 1 aromatic carbocycles. The lowest BCUT2D eigenvalue weighted by Gasteiger charge is -2.04. The van der Waals surface area contributed by atoms with Gasteiger partial charge in [-0.2, -0.15) is 0 Å². The van der Waals surface area contributed by atoms with Crippen molar-refractivity contribution in [1.82, 2.24) is 9.55 Å². The largest absolute Gasteiger partial charge is 0.480 e. The second kappa shape index (κ2) is 4.92. The van der Waals surface area contributed by atoms with Crippen LogP contribution in [0.3, 0.4) is 0 Å². The Kier molecular flexibility index (Phi) is 3.21. The fourth-order valence-corrected chi connectivity index (χ4v) is 3.02. The summed E-state index contributed by atoms with van der Waals surface area (Å²) in [5.41, 5.74) is 0.494. The van der Waals surface area contributed by atoms with Crippen LogP contribution in [0.25, 0.3) is 21.7 Å². The first-order valence-corrected chi connectivity index (χ1v) is 6.91. The lowest BCUT2D eigenvalue weighted by atomic mass is 10.3. The van der Waals surface area contributed by atoms with Crippen molar-refractivity contribution in [1.29, 1.82) is 0 Å². The monoisotopic (exact) mass is 308 g/mol. The van der Waals surface area contributed by atoms with Crippen molar-refractivity contribution < 1.29 is 18.7 Å². The molecular weight excluding hydrogens is 298 g/mol. The van der Waals surface area contributed by atoms with E-state index in [9.17, 15) is 13.6 Å². The average Bonchev–Trinajstić information content (AvgIpc) is 2.95. The van der Waals surface area contributed by atoms with Crippen LogP contribution in [0.4, 0.5) is 8.78 Å². The lowest BCUT2D eigenvalue weighted by molar-refractivity contribution is -0.137. The Morgan fingerprint density at radius 3 is 2.67 bits per heavy atom. The van der Waals surface area contributed by atoms with Gasteiger partial charge in [0.2, 0.25) is 0 Å². The van der Waals surface area contributed by atoms with E-state index in [4.69, 9.17) is 5.11 Å². The average molecular weight is 308 g/mol. The van der Waals surface area contributed by atoms with E-state index in [1.807, 2.05) is 19.1 Å². The summed E-state index contributed by atoms with van der Waals surface area (Å²) in [4.78, 5) is 17.1. The molecule has 4 nitrogen and oxygen atoms in total. The van der Waals surface area contributed by atoms with Gasteiger partial charge in [-0.25, -0.2) is 13.8 Å². The Bertz CT molecular complexity index is 854. The summed E-state index contributed by atoms with van der Waals surface area (Å²) < 4.78 is 28.1. The maximum Gasteiger partial charge on any atom is 0.323 e. The van der Waals surface area contributed by atoms with Gasteiger partial charge >= 0.3 is 5.97 Å². The number of imidazole rings is 1. The lowest BCUT2D eigenvalue weighted by Crippen LogP contribution is -2.09. The Morgan fingerprint density at radius 2 is 2.05 bits per heavy atom. The molecule has 0 fully saturated rings. The number of nitrogens with zero attached hydrogens (tertiary/aromatic N) is 2. The molecule has 0 bridgehead atoms. The van der Waals surface area contributed by atoms with Crippen molar-refractivity contribution in [2.45, 2.75) is 13.5 Å². The van der Waals surface area contributed by atoms with Crippen molar-refractivity contribution >= 4 is 28.3 Å². The Hall–Kier alpha value is -2.28. The van der Waals surface area contributed by atoms with E-state index < -0.39 is 17.6 Å². The molecule has 0 aliphatic heterocycles. The highest BCUT2D eigenvalue weighted by Gasteiger charge is 2.18. The number of carboxylic acid groups (broad SMARTS) is 1. The van der Waals surface area contributed by atoms with Crippen LogP contribution in [0.1, 0.15) is 4.88 Å². The number of carboxylic acids is 1. The van der Waals surface area contributed by atoms with Crippen LogP contribution in [-0.2, 0) is 11.3 Å². The van der Waals surface area contributed by atoms with Gasteiger partial charge in [0.25, 0.3) is 0 Å². The number of halogens is 2.